The third kappa shape index (κ3) is 14.6. The summed E-state index contributed by atoms with van der Waals surface area (Å²) in [7, 11) is 0. The van der Waals surface area contributed by atoms with Gasteiger partial charge in [0.15, 0.2) is 0 Å². The van der Waals surface area contributed by atoms with Crippen molar-refractivity contribution in [2.24, 2.45) is 0 Å². The summed E-state index contributed by atoms with van der Waals surface area (Å²) in [5, 5.41) is 6.73. The molecule has 1 fully saturated rings. The quantitative estimate of drug-likeness (QED) is 0.373. The normalized spacial score (nSPS) is 18.8. The van der Waals surface area contributed by atoms with Crippen LogP contribution in [0.3, 0.4) is 0 Å². The first kappa shape index (κ1) is 26.7. The number of ether oxygens (including phenoxy) is 3. The minimum Gasteiger partial charge on any atom is -0.446 e. The highest BCUT2D eigenvalue weighted by molar-refractivity contribution is 8.00. The van der Waals surface area contributed by atoms with E-state index < -0.39 is 0 Å². The number of hydrogen-bond donors (Lipinski definition) is 2. The molecule has 0 heterocycles. The lowest BCUT2D eigenvalue weighted by Crippen LogP contribution is -2.33. The molecule has 0 bridgehead atoms. The predicted molar refractivity (Wildman–Crippen MR) is 118 cm³/mol. The van der Waals surface area contributed by atoms with Crippen LogP contribution in [-0.4, -0.2) is 73.9 Å². The molecular formula is C21H38N2O6S. The zero-order valence-corrected chi connectivity index (χ0v) is 19.4. The van der Waals surface area contributed by atoms with Crippen LogP contribution in [0.5, 0.6) is 0 Å². The van der Waals surface area contributed by atoms with E-state index in [0.717, 1.165) is 25.7 Å². The van der Waals surface area contributed by atoms with Gasteiger partial charge in [-0.1, -0.05) is 13.8 Å². The Morgan fingerprint density at radius 2 is 1.50 bits per heavy atom. The summed E-state index contributed by atoms with van der Waals surface area (Å²) in [4.78, 5) is 34.0. The topological polar surface area (TPSA) is 103 Å². The first-order valence-corrected chi connectivity index (χ1v) is 11.8. The van der Waals surface area contributed by atoms with Crippen molar-refractivity contribution in [3.05, 3.63) is 0 Å². The van der Waals surface area contributed by atoms with Gasteiger partial charge in [-0.05, 0) is 37.9 Å². The number of Topliss-reactive ketones (excluding diaryl/α,β-unsaturated/α-hetero) is 1. The molecule has 0 aromatic carbocycles. The fraction of sp³-hybridized carbons (Fsp3) is 0.857. The highest BCUT2D eigenvalue weighted by atomic mass is 32.2. The number of nitrogens with one attached hydrogen (secondary N) is 2. The van der Waals surface area contributed by atoms with Crippen molar-refractivity contribution >= 4 is 29.5 Å². The molecule has 0 saturated heterocycles. The van der Waals surface area contributed by atoms with Gasteiger partial charge in [-0.2, -0.15) is 11.8 Å². The Bertz CT molecular complexity index is 510. The molecule has 1 aliphatic rings. The lowest BCUT2D eigenvalue weighted by atomic mass is 9.97. The molecule has 0 aliphatic heterocycles. The Balaban J connectivity index is 1.88. The highest BCUT2D eigenvalue weighted by Crippen LogP contribution is 2.32. The van der Waals surface area contributed by atoms with Crippen LogP contribution in [0.2, 0.25) is 0 Å². The Hall–Kier alpha value is -1.32. The van der Waals surface area contributed by atoms with Crippen molar-refractivity contribution in [1.82, 2.24) is 10.6 Å². The van der Waals surface area contributed by atoms with Crippen LogP contribution in [0.1, 0.15) is 59.3 Å². The molecule has 1 aliphatic carbocycles. The second-order valence-electron chi connectivity index (χ2n) is 7.69. The Morgan fingerprint density at radius 1 is 0.900 bits per heavy atom. The van der Waals surface area contributed by atoms with E-state index in [1.165, 1.54) is 6.92 Å². The Labute approximate surface area is 184 Å². The monoisotopic (exact) mass is 446 g/mol. The minimum atomic E-state index is -0.379. The van der Waals surface area contributed by atoms with Crippen LogP contribution in [0.25, 0.3) is 0 Å². The van der Waals surface area contributed by atoms with Crippen molar-refractivity contribution in [3.63, 3.8) is 0 Å². The lowest BCUT2D eigenvalue weighted by molar-refractivity contribution is -0.124. The zero-order valence-electron chi connectivity index (χ0n) is 18.6. The number of alkyl carbamates (subject to hydrolysis) is 1. The largest absolute Gasteiger partial charge is 0.446 e. The van der Waals surface area contributed by atoms with Gasteiger partial charge in [-0.3, -0.25) is 4.79 Å². The van der Waals surface area contributed by atoms with E-state index in [0.29, 0.717) is 50.0 Å². The molecule has 1 rings (SSSR count). The fourth-order valence-electron chi connectivity index (χ4n) is 3.05. The summed E-state index contributed by atoms with van der Waals surface area (Å²) in [6.07, 6.45) is 4.19. The SMILES string of the molecule is CC(=O)CCC(=O)NCCOCCOCCNC(=O)OC1CCC(SC(C)C)CC1. The Kier molecular flexibility index (Phi) is 14.6. The number of carbonyl (C=O) groups is 3. The van der Waals surface area contributed by atoms with Crippen molar-refractivity contribution in [2.75, 3.05) is 39.5 Å². The molecule has 0 unspecified atom stereocenters. The second kappa shape index (κ2) is 16.4. The summed E-state index contributed by atoms with van der Waals surface area (Å²) in [6, 6.07) is 0. The molecule has 30 heavy (non-hydrogen) atoms. The molecule has 2 amide bonds. The molecule has 8 nitrogen and oxygen atoms in total. The molecule has 0 radical (unpaired) electrons. The van der Waals surface area contributed by atoms with Crippen LogP contribution < -0.4 is 10.6 Å². The molecular weight excluding hydrogens is 408 g/mol. The number of ketones is 1. The van der Waals surface area contributed by atoms with Crippen molar-refractivity contribution in [2.45, 2.75) is 75.9 Å². The van der Waals surface area contributed by atoms with E-state index in [4.69, 9.17) is 14.2 Å². The predicted octanol–water partition coefficient (Wildman–Crippen LogP) is 2.68. The van der Waals surface area contributed by atoms with Crippen molar-refractivity contribution in [1.29, 1.82) is 0 Å². The summed E-state index contributed by atoms with van der Waals surface area (Å²) >= 11 is 2.02. The maximum absolute atomic E-state index is 11.8. The molecule has 9 heteroatoms. The molecule has 0 atom stereocenters. The third-order valence-corrected chi connectivity index (χ3v) is 5.92. The van der Waals surface area contributed by atoms with E-state index in [1.54, 1.807) is 0 Å². The molecule has 0 aromatic rings. The first-order chi connectivity index (χ1) is 14.4. The van der Waals surface area contributed by atoms with Crippen LogP contribution in [0.4, 0.5) is 4.79 Å². The van der Waals surface area contributed by atoms with E-state index in [1.807, 2.05) is 11.8 Å². The standard InChI is InChI=1S/C21H38N2O6S/c1-16(2)30-19-7-5-18(6-8-19)29-21(26)23-11-13-28-15-14-27-12-10-22-20(25)9-4-17(3)24/h16,18-19H,4-15H2,1-3H3,(H,22,25)(H,23,26). The van der Waals surface area contributed by atoms with Gasteiger partial charge in [0.05, 0.1) is 26.4 Å². The van der Waals surface area contributed by atoms with Gasteiger partial charge in [-0.15, -0.1) is 0 Å². The van der Waals surface area contributed by atoms with Crippen LogP contribution in [0.15, 0.2) is 0 Å². The van der Waals surface area contributed by atoms with Gasteiger partial charge >= 0.3 is 6.09 Å². The third-order valence-electron chi connectivity index (χ3n) is 4.52. The van der Waals surface area contributed by atoms with Gasteiger partial charge in [-0.25, -0.2) is 4.79 Å². The van der Waals surface area contributed by atoms with Gasteiger partial charge in [0.1, 0.15) is 11.9 Å². The van der Waals surface area contributed by atoms with Crippen molar-refractivity contribution < 1.29 is 28.6 Å². The number of amides is 2. The number of rotatable bonds is 15. The molecule has 174 valence electrons. The van der Waals surface area contributed by atoms with Gasteiger partial charge in [0.2, 0.25) is 5.91 Å². The smallest absolute Gasteiger partial charge is 0.407 e. The minimum absolute atomic E-state index is 0.00436. The molecule has 1 saturated carbocycles. The number of carbonyl (C=O) groups excluding carboxylic acids is 3. The van der Waals surface area contributed by atoms with Crippen LogP contribution in [0, 0.1) is 0 Å². The Morgan fingerprint density at radius 3 is 2.07 bits per heavy atom. The highest BCUT2D eigenvalue weighted by Gasteiger charge is 2.24. The van der Waals surface area contributed by atoms with Gasteiger partial charge < -0.3 is 29.6 Å². The average Bonchev–Trinajstić information content (AvgIpc) is 2.69. The zero-order chi connectivity index (χ0) is 22.2. The maximum atomic E-state index is 11.8. The van der Waals surface area contributed by atoms with E-state index in [2.05, 4.69) is 24.5 Å². The average molecular weight is 447 g/mol. The summed E-state index contributed by atoms with van der Waals surface area (Å²) in [6.45, 7) is 8.29. The summed E-state index contributed by atoms with van der Waals surface area (Å²) in [5.74, 6) is -0.143. The number of thioether (sulfide) groups is 1. The van der Waals surface area contributed by atoms with Gasteiger partial charge in [0.25, 0.3) is 0 Å². The van der Waals surface area contributed by atoms with Crippen LogP contribution in [-0.2, 0) is 23.8 Å². The maximum Gasteiger partial charge on any atom is 0.407 e. The summed E-state index contributed by atoms with van der Waals surface area (Å²) in [5.41, 5.74) is 0. The fourth-order valence-corrected chi connectivity index (χ4v) is 4.37. The molecule has 0 aromatic heterocycles. The second-order valence-corrected chi connectivity index (χ2v) is 9.57. The van der Waals surface area contributed by atoms with Gasteiger partial charge in [0, 0.05) is 31.2 Å². The molecule has 2 N–H and O–H groups in total. The lowest BCUT2D eigenvalue weighted by Gasteiger charge is -2.28. The van der Waals surface area contributed by atoms with Crippen LogP contribution >= 0.6 is 11.8 Å². The first-order valence-electron chi connectivity index (χ1n) is 10.9. The van der Waals surface area contributed by atoms with E-state index in [9.17, 15) is 14.4 Å². The number of hydrogen-bond acceptors (Lipinski definition) is 7. The summed E-state index contributed by atoms with van der Waals surface area (Å²) < 4.78 is 16.2. The molecule has 0 spiro atoms. The van der Waals surface area contributed by atoms with Crippen molar-refractivity contribution in [3.8, 4) is 0 Å². The van der Waals surface area contributed by atoms with E-state index in [-0.39, 0.29) is 36.7 Å². The van der Waals surface area contributed by atoms with E-state index >= 15 is 0 Å².